The van der Waals surface area contributed by atoms with E-state index in [4.69, 9.17) is 11.2 Å². The Bertz CT molecular complexity index is 246. The number of terminal acetylenes is 1. The molecule has 2 nitrogen and oxygen atoms in total. The monoisotopic (exact) mass is 192 g/mol. The Kier molecular flexibility index (Phi) is 7.26. The first-order chi connectivity index (χ1) is 6.74. The smallest absolute Gasteiger partial charge is 0.331 e. The Labute approximate surface area is 85.6 Å². The van der Waals surface area contributed by atoms with Gasteiger partial charge >= 0.3 is 5.97 Å². The topological polar surface area (TPSA) is 26.3 Å². The maximum atomic E-state index is 11.1. The average molecular weight is 192 g/mol. The van der Waals surface area contributed by atoms with Crippen molar-refractivity contribution in [3.05, 3.63) is 24.8 Å². The highest BCUT2D eigenvalue weighted by atomic mass is 16.5. The van der Waals surface area contributed by atoms with E-state index >= 15 is 0 Å². The molecule has 76 valence electrons. The molecule has 0 bridgehead atoms. The van der Waals surface area contributed by atoms with E-state index in [0.717, 1.165) is 19.3 Å². The van der Waals surface area contributed by atoms with E-state index in [1.165, 1.54) is 18.2 Å². The molecular weight excluding hydrogens is 176 g/mol. The summed E-state index contributed by atoms with van der Waals surface area (Å²) in [5.41, 5.74) is 0. The lowest BCUT2D eigenvalue weighted by molar-refractivity contribution is -0.140. The Morgan fingerprint density at radius 3 is 2.93 bits per heavy atom. The van der Waals surface area contributed by atoms with E-state index in [9.17, 15) is 4.79 Å². The minimum absolute atomic E-state index is 0.406. The number of carbonyl (C=O) groups is 1. The highest BCUT2D eigenvalue weighted by Crippen LogP contribution is 2.04. The lowest BCUT2D eigenvalue weighted by Gasteiger charge is -2.09. The second kappa shape index (κ2) is 8.12. The summed E-state index contributed by atoms with van der Waals surface area (Å²) in [6.45, 7) is 5.51. The highest BCUT2D eigenvalue weighted by Gasteiger charge is 2.07. The van der Waals surface area contributed by atoms with Crippen LogP contribution in [0, 0.1) is 12.3 Å². The molecule has 2 heteroatoms. The number of rotatable bonds is 6. The Morgan fingerprint density at radius 2 is 2.43 bits per heavy atom. The second-order valence-electron chi connectivity index (χ2n) is 2.83. The summed E-state index contributed by atoms with van der Waals surface area (Å²) >= 11 is 0. The van der Waals surface area contributed by atoms with E-state index in [2.05, 4.69) is 19.4 Å². The third-order valence-corrected chi connectivity index (χ3v) is 1.63. The molecule has 0 saturated carbocycles. The van der Waals surface area contributed by atoms with Gasteiger partial charge in [-0.25, -0.2) is 4.79 Å². The quantitative estimate of drug-likeness (QED) is 0.280. The fraction of sp³-hybridized carbons (Fsp3) is 0.417. The van der Waals surface area contributed by atoms with Crippen molar-refractivity contribution in [2.24, 2.45) is 0 Å². The van der Waals surface area contributed by atoms with Crippen molar-refractivity contribution in [3.63, 3.8) is 0 Å². The molecule has 0 aromatic rings. The maximum absolute atomic E-state index is 11.1. The van der Waals surface area contributed by atoms with Crippen LogP contribution < -0.4 is 0 Å². The molecule has 0 unspecified atom stereocenters. The number of carbonyl (C=O) groups excluding carboxylic acids is 1. The van der Waals surface area contributed by atoms with Gasteiger partial charge < -0.3 is 4.74 Å². The van der Waals surface area contributed by atoms with Crippen LogP contribution in [0.2, 0.25) is 0 Å². The molecule has 0 aliphatic heterocycles. The summed E-state index contributed by atoms with van der Waals surface area (Å²) in [5.74, 6) is 2.03. The van der Waals surface area contributed by atoms with E-state index in [-0.39, 0.29) is 0 Å². The van der Waals surface area contributed by atoms with Crippen LogP contribution >= 0.6 is 0 Å². The molecule has 0 radical (unpaired) electrons. The molecule has 0 fully saturated rings. The summed E-state index contributed by atoms with van der Waals surface area (Å²) in [6, 6.07) is 0. The molecule has 0 saturated heterocycles. The lowest BCUT2D eigenvalue weighted by atomic mass is 10.2. The fourth-order valence-corrected chi connectivity index (χ4v) is 0.892. The summed E-state index contributed by atoms with van der Waals surface area (Å²) in [5, 5.41) is 0. The van der Waals surface area contributed by atoms with Gasteiger partial charge in [-0.2, -0.15) is 0 Å². The fourth-order valence-electron chi connectivity index (χ4n) is 0.892. The Morgan fingerprint density at radius 1 is 1.71 bits per heavy atom. The molecule has 0 aliphatic carbocycles. The van der Waals surface area contributed by atoms with Gasteiger partial charge in [0.1, 0.15) is 0 Å². The van der Waals surface area contributed by atoms with Crippen molar-refractivity contribution >= 4 is 5.97 Å². The molecule has 0 rings (SSSR count). The molecule has 0 amide bonds. The molecule has 0 spiro atoms. The zero-order valence-electron chi connectivity index (χ0n) is 8.53. The van der Waals surface area contributed by atoms with E-state index < -0.39 is 12.1 Å². The van der Waals surface area contributed by atoms with E-state index in [0.29, 0.717) is 0 Å². The molecule has 0 aromatic carbocycles. The highest BCUT2D eigenvalue weighted by molar-refractivity contribution is 5.82. The first-order valence-corrected chi connectivity index (χ1v) is 4.70. The predicted octanol–water partition coefficient (Wildman–Crippen LogP) is 2.46. The van der Waals surface area contributed by atoms with Crippen LogP contribution in [0.4, 0.5) is 0 Å². The number of esters is 1. The number of hydrogen-bond acceptors (Lipinski definition) is 2. The van der Waals surface area contributed by atoms with Gasteiger partial charge in [0.2, 0.25) is 0 Å². The molecular formula is C12H16O2. The Balaban J connectivity index is 3.93. The predicted molar refractivity (Wildman–Crippen MR) is 57.6 cm³/mol. The van der Waals surface area contributed by atoms with Gasteiger partial charge in [0, 0.05) is 6.08 Å². The lowest BCUT2D eigenvalue weighted by Crippen LogP contribution is -2.14. The first kappa shape index (κ1) is 12.5. The van der Waals surface area contributed by atoms with Crippen LogP contribution in [0.15, 0.2) is 24.8 Å². The first-order valence-electron chi connectivity index (χ1n) is 4.70. The largest absolute Gasteiger partial charge is 0.446 e. The van der Waals surface area contributed by atoms with Crippen molar-refractivity contribution in [2.75, 3.05) is 0 Å². The zero-order chi connectivity index (χ0) is 10.8. The van der Waals surface area contributed by atoms with Gasteiger partial charge in [-0.05, 0) is 12.8 Å². The molecule has 0 aliphatic rings. The van der Waals surface area contributed by atoms with Crippen LogP contribution in [-0.4, -0.2) is 12.1 Å². The average Bonchev–Trinajstić information content (AvgIpc) is 2.21. The van der Waals surface area contributed by atoms with Gasteiger partial charge in [-0.15, -0.1) is 6.42 Å². The molecule has 0 N–H and O–H groups in total. The van der Waals surface area contributed by atoms with Crippen molar-refractivity contribution in [3.8, 4) is 12.3 Å². The summed E-state index contributed by atoms with van der Waals surface area (Å²) < 4.78 is 4.99. The zero-order valence-corrected chi connectivity index (χ0v) is 8.53. The SMILES string of the molecule is C#C[C@@H](CCCC)OC(=O)C=CC=C. The van der Waals surface area contributed by atoms with Gasteiger partial charge in [0.15, 0.2) is 6.10 Å². The summed E-state index contributed by atoms with van der Waals surface area (Å²) in [6.07, 6.45) is 11.9. The Hall–Kier alpha value is -1.49. The van der Waals surface area contributed by atoms with Gasteiger partial charge in [-0.1, -0.05) is 38.0 Å². The van der Waals surface area contributed by atoms with Crippen LogP contribution in [0.3, 0.4) is 0 Å². The maximum Gasteiger partial charge on any atom is 0.331 e. The number of unbranched alkanes of at least 4 members (excludes halogenated alkanes) is 1. The number of allylic oxidation sites excluding steroid dienone is 2. The van der Waals surface area contributed by atoms with Crippen molar-refractivity contribution < 1.29 is 9.53 Å². The van der Waals surface area contributed by atoms with Gasteiger partial charge in [0.05, 0.1) is 0 Å². The van der Waals surface area contributed by atoms with Gasteiger partial charge in [-0.3, -0.25) is 0 Å². The van der Waals surface area contributed by atoms with E-state index in [1.54, 1.807) is 0 Å². The summed E-state index contributed by atoms with van der Waals surface area (Å²) in [4.78, 5) is 11.1. The molecule has 0 aromatic heterocycles. The van der Waals surface area contributed by atoms with Crippen LogP contribution in [0.1, 0.15) is 26.2 Å². The van der Waals surface area contributed by atoms with Crippen LogP contribution in [0.25, 0.3) is 0 Å². The van der Waals surface area contributed by atoms with Crippen molar-refractivity contribution in [1.29, 1.82) is 0 Å². The minimum atomic E-state index is -0.413. The second-order valence-corrected chi connectivity index (χ2v) is 2.83. The van der Waals surface area contributed by atoms with Crippen LogP contribution in [-0.2, 0) is 9.53 Å². The standard InChI is InChI=1S/C12H16O2/c1-4-7-9-11(6-3)14-12(13)10-8-5-2/h3,5,8,10-11H,2,4,7,9H2,1H3/t11-/m0/s1. The third kappa shape index (κ3) is 6.07. The number of hydrogen-bond donors (Lipinski definition) is 0. The van der Waals surface area contributed by atoms with Gasteiger partial charge in [0.25, 0.3) is 0 Å². The summed E-state index contributed by atoms with van der Waals surface area (Å²) in [7, 11) is 0. The number of ether oxygens (including phenoxy) is 1. The third-order valence-electron chi connectivity index (χ3n) is 1.63. The van der Waals surface area contributed by atoms with Crippen molar-refractivity contribution in [1.82, 2.24) is 0 Å². The van der Waals surface area contributed by atoms with E-state index in [1.807, 2.05) is 0 Å². The minimum Gasteiger partial charge on any atom is -0.446 e. The molecule has 14 heavy (non-hydrogen) atoms. The molecule has 1 atom stereocenters. The normalized spacial score (nSPS) is 12.0. The van der Waals surface area contributed by atoms with Crippen molar-refractivity contribution in [2.45, 2.75) is 32.3 Å². The van der Waals surface area contributed by atoms with Crippen LogP contribution in [0.5, 0.6) is 0 Å². The molecule has 0 heterocycles.